The van der Waals surface area contributed by atoms with Gasteiger partial charge in [0.05, 0.1) is 19.3 Å². The van der Waals surface area contributed by atoms with Crippen molar-refractivity contribution >= 4 is 18.5 Å². The second kappa shape index (κ2) is 13.1. The van der Waals surface area contributed by atoms with E-state index in [9.17, 15) is 0 Å². The van der Waals surface area contributed by atoms with Gasteiger partial charge in [-0.05, 0) is 48.8 Å². The zero-order valence-corrected chi connectivity index (χ0v) is 19.9. The molecular formula is C30H32NOP. The lowest BCUT2D eigenvalue weighted by molar-refractivity contribution is 0.0986. The fourth-order valence-corrected chi connectivity index (χ4v) is 6.32. The van der Waals surface area contributed by atoms with Crippen molar-refractivity contribution in [2.24, 2.45) is 0 Å². The Morgan fingerprint density at radius 3 is 1.73 bits per heavy atom. The molecule has 0 aliphatic rings. The molecule has 0 unspecified atom stereocenters. The minimum Gasteiger partial charge on any atom is -0.375 e. The summed E-state index contributed by atoms with van der Waals surface area (Å²) in [6, 6.07) is 43.1. The van der Waals surface area contributed by atoms with E-state index >= 15 is 0 Å². The SMILES string of the molecule is c1ccc(COC[C@H](NCCCP(c2ccccc2)c2ccccc2)c2ccccc2)cc1. The molecule has 0 bridgehead atoms. The Morgan fingerprint density at radius 2 is 1.15 bits per heavy atom. The third-order valence-corrected chi connectivity index (χ3v) is 8.29. The molecule has 1 atom stereocenters. The lowest BCUT2D eigenvalue weighted by Crippen LogP contribution is -2.27. The summed E-state index contributed by atoms with van der Waals surface area (Å²) in [5, 5.41) is 6.66. The number of benzene rings is 4. The van der Waals surface area contributed by atoms with Crippen LogP contribution in [0.4, 0.5) is 0 Å². The molecule has 2 nitrogen and oxygen atoms in total. The van der Waals surface area contributed by atoms with Crippen molar-refractivity contribution in [3.05, 3.63) is 132 Å². The molecule has 0 radical (unpaired) electrons. The van der Waals surface area contributed by atoms with Crippen LogP contribution in [0.2, 0.25) is 0 Å². The highest BCUT2D eigenvalue weighted by molar-refractivity contribution is 7.73. The predicted molar refractivity (Wildman–Crippen MR) is 142 cm³/mol. The summed E-state index contributed by atoms with van der Waals surface area (Å²) in [7, 11) is -0.349. The molecule has 0 saturated heterocycles. The van der Waals surface area contributed by atoms with Crippen molar-refractivity contribution in [3.63, 3.8) is 0 Å². The Morgan fingerprint density at radius 1 is 0.636 bits per heavy atom. The van der Waals surface area contributed by atoms with Crippen molar-refractivity contribution in [2.45, 2.75) is 19.1 Å². The first-order chi connectivity index (χ1) is 16.4. The molecule has 0 heterocycles. The first-order valence-corrected chi connectivity index (χ1v) is 13.2. The molecule has 33 heavy (non-hydrogen) atoms. The summed E-state index contributed by atoms with van der Waals surface area (Å²) in [6.07, 6.45) is 2.29. The topological polar surface area (TPSA) is 21.3 Å². The smallest absolute Gasteiger partial charge is 0.0717 e. The maximum absolute atomic E-state index is 6.09. The van der Waals surface area contributed by atoms with E-state index in [1.807, 2.05) is 6.07 Å². The third-order valence-electron chi connectivity index (χ3n) is 5.68. The Hall–Kier alpha value is -2.77. The fourth-order valence-electron chi connectivity index (χ4n) is 3.96. The van der Waals surface area contributed by atoms with E-state index in [-0.39, 0.29) is 14.0 Å². The van der Waals surface area contributed by atoms with Gasteiger partial charge in [-0.1, -0.05) is 121 Å². The van der Waals surface area contributed by atoms with Gasteiger partial charge in [-0.2, -0.15) is 0 Å². The molecule has 3 heteroatoms. The third kappa shape index (κ3) is 7.37. The largest absolute Gasteiger partial charge is 0.375 e. The maximum atomic E-state index is 6.09. The zero-order chi connectivity index (χ0) is 22.6. The number of rotatable bonds is 12. The summed E-state index contributed by atoms with van der Waals surface area (Å²) < 4.78 is 6.09. The Kier molecular flexibility index (Phi) is 9.26. The van der Waals surface area contributed by atoms with Crippen LogP contribution in [0.15, 0.2) is 121 Å². The van der Waals surface area contributed by atoms with Crippen molar-refractivity contribution in [1.82, 2.24) is 5.32 Å². The summed E-state index contributed by atoms with van der Waals surface area (Å²) >= 11 is 0. The molecule has 0 aromatic heterocycles. The van der Waals surface area contributed by atoms with Gasteiger partial charge in [0.1, 0.15) is 0 Å². The lowest BCUT2D eigenvalue weighted by Gasteiger charge is -2.22. The first-order valence-electron chi connectivity index (χ1n) is 11.7. The van der Waals surface area contributed by atoms with Crippen LogP contribution < -0.4 is 15.9 Å². The number of nitrogens with one attached hydrogen (secondary N) is 1. The second-order valence-corrected chi connectivity index (χ2v) is 10.4. The highest BCUT2D eigenvalue weighted by Gasteiger charge is 2.15. The van der Waals surface area contributed by atoms with Gasteiger partial charge >= 0.3 is 0 Å². The first kappa shape index (κ1) is 23.4. The molecule has 4 aromatic carbocycles. The molecule has 0 saturated carbocycles. The van der Waals surface area contributed by atoms with Crippen LogP contribution in [-0.4, -0.2) is 19.3 Å². The molecule has 4 aromatic rings. The van der Waals surface area contributed by atoms with Crippen molar-refractivity contribution in [3.8, 4) is 0 Å². The van der Waals surface area contributed by atoms with Crippen molar-refractivity contribution in [1.29, 1.82) is 0 Å². The van der Waals surface area contributed by atoms with E-state index in [1.54, 1.807) is 0 Å². The van der Waals surface area contributed by atoms with Crippen LogP contribution in [0.3, 0.4) is 0 Å². The summed E-state index contributed by atoms with van der Waals surface area (Å²) in [6.45, 7) is 2.26. The standard InChI is InChI=1S/C30H32NOP/c1-5-14-26(15-6-1)24-32-25-30(27-16-7-2-8-17-27)31-22-13-23-33(28-18-9-3-10-19-28)29-20-11-4-12-21-29/h1-12,14-21,30-31H,13,22-25H2/t30-/m0/s1. The normalized spacial score (nSPS) is 12.0. The van der Waals surface area contributed by atoms with Crippen molar-refractivity contribution < 1.29 is 4.74 Å². The molecule has 0 aliphatic heterocycles. The molecular weight excluding hydrogens is 421 g/mol. The minimum absolute atomic E-state index is 0.189. The molecule has 0 aliphatic carbocycles. The lowest BCUT2D eigenvalue weighted by atomic mass is 10.1. The highest BCUT2D eigenvalue weighted by Crippen LogP contribution is 2.34. The van der Waals surface area contributed by atoms with Crippen molar-refractivity contribution in [2.75, 3.05) is 19.3 Å². The van der Waals surface area contributed by atoms with Gasteiger partial charge in [-0.25, -0.2) is 0 Å². The van der Waals surface area contributed by atoms with E-state index < -0.39 is 0 Å². The van der Waals surface area contributed by atoms with Gasteiger partial charge in [0.25, 0.3) is 0 Å². The monoisotopic (exact) mass is 453 g/mol. The van der Waals surface area contributed by atoms with Crippen LogP contribution in [0.5, 0.6) is 0 Å². The van der Waals surface area contributed by atoms with E-state index in [4.69, 9.17) is 4.74 Å². The van der Waals surface area contributed by atoms with Gasteiger partial charge < -0.3 is 10.1 Å². The van der Waals surface area contributed by atoms with Crippen LogP contribution in [0.1, 0.15) is 23.6 Å². The van der Waals surface area contributed by atoms with E-state index in [2.05, 4.69) is 121 Å². The van der Waals surface area contributed by atoms with Crippen LogP contribution in [-0.2, 0) is 11.3 Å². The maximum Gasteiger partial charge on any atom is 0.0717 e. The number of hydrogen-bond donors (Lipinski definition) is 1. The van der Waals surface area contributed by atoms with Gasteiger partial charge in [0.2, 0.25) is 0 Å². The highest BCUT2D eigenvalue weighted by atomic mass is 31.1. The summed E-state index contributed by atoms with van der Waals surface area (Å²) in [5.74, 6) is 0. The molecule has 0 amide bonds. The summed E-state index contributed by atoms with van der Waals surface area (Å²) in [5.41, 5.74) is 2.49. The average molecular weight is 454 g/mol. The fraction of sp³-hybridized carbons (Fsp3) is 0.200. The Balaban J connectivity index is 1.34. The quantitative estimate of drug-likeness (QED) is 0.208. The zero-order valence-electron chi connectivity index (χ0n) is 19.0. The average Bonchev–Trinajstić information content (AvgIpc) is 2.90. The van der Waals surface area contributed by atoms with Gasteiger partial charge in [0.15, 0.2) is 0 Å². The minimum atomic E-state index is -0.349. The molecule has 0 fully saturated rings. The molecule has 4 rings (SSSR count). The molecule has 168 valence electrons. The van der Waals surface area contributed by atoms with E-state index in [1.165, 1.54) is 27.9 Å². The van der Waals surface area contributed by atoms with Gasteiger partial charge in [-0.3, -0.25) is 0 Å². The predicted octanol–water partition coefficient (Wildman–Crippen LogP) is 6.06. The second-order valence-electron chi connectivity index (χ2n) is 8.09. The number of hydrogen-bond acceptors (Lipinski definition) is 2. The van der Waals surface area contributed by atoms with E-state index in [0.29, 0.717) is 13.2 Å². The van der Waals surface area contributed by atoms with Gasteiger partial charge in [0, 0.05) is 0 Å². The van der Waals surface area contributed by atoms with E-state index in [0.717, 1.165) is 13.0 Å². The Labute approximate surface area is 199 Å². The van der Waals surface area contributed by atoms with Crippen LogP contribution in [0, 0.1) is 0 Å². The van der Waals surface area contributed by atoms with Crippen LogP contribution >= 0.6 is 7.92 Å². The van der Waals surface area contributed by atoms with Crippen LogP contribution in [0.25, 0.3) is 0 Å². The Bertz CT molecular complexity index is 1000. The van der Waals surface area contributed by atoms with Gasteiger partial charge in [-0.15, -0.1) is 0 Å². The number of ether oxygens (including phenoxy) is 1. The summed E-state index contributed by atoms with van der Waals surface area (Å²) in [4.78, 5) is 0. The molecule has 0 spiro atoms. The molecule has 1 N–H and O–H groups in total.